The number of benzene rings is 1. The number of aromatic carboxylic acids is 1. The van der Waals surface area contributed by atoms with Gasteiger partial charge in [-0.05, 0) is 43.7 Å². The summed E-state index contributed by atoms with van der Waals surface area (Å²) in [5.41, 5.74) is 1.12. The highest BCUT2D eigenvalue weighted by Crippen LogP contribution is 2.12. The number of anilines is 1. The van der Waals surface area contributed by atoms with Gasteiger partial charge in [0.25, 0.3) is 0 Å². The monoisotopic (exact) mass is 362 g/mol. The van der Waals surface area contributed by atoms with Crippen LogP contribution in [-0.2, 0) is 4.74 Å². The molecule has 1 aromatic carbocycles. The Bertz CT molecular complexity index is 581. The molecule has 0 bridgehead atoms. The van der Waals surface area contributed by atoms with E-state index in [1.807, 2.05) is 0 Å². The molecule has 0 amide bonds. The van der Waals surface area contributed by atoms with Crippen LogP contribution in [0, 0.1) is 0 Å². The first kappa shape index (κ1) is 20.2. The summed E-state index contributed by atoms with van der Waals surface area (Å²) in [6, 6.07) is 6.77. The molecule has 1 fully saturated rings. The van der Waals surface area contributed by atoms with Crippen LogP contribution in [0.15, 0.2) is 29.3 Å². The molecule has 1 heterocycles. The lowest BCUT2D eigenvalue weighted by Gasteiger charge is -2.36. The van der Waals surface area contributed by atoms with Gasteiger partial charge in [-0.2, -0.15) is 0 Å². The fourth-order valence-electron chi connectivity index (χ4n) is 2.94. The van der Waals surface area contributed by atoms with E-state index in [1.54, 1.807) is 31.4 Å². The Morgan fingerprint density at radius 2 is 1.92 bits per heavy atom. The van der Waals surface area contributed by atoms with Crippen LogP contribution in [0.2, 0.25) is 0 Å². The molecule has 0 aliphatic carbocycles. The van der Waals surface area contributed by atoms with E-state index in [0.717, 1.165) is 50.8 Å². The van der Waals surface area contributed by atoms with E-state index in [4.69, 9.17) is 14.8 Å². The van der Waals surface area contributed by atoms with Gasteiger partial charge in [-0.15, -0.1) is 0 Å². The van der Waals surface area contributed by atoms with Crippen molar-refractivity contribution >= 4 is 17.6 Å². The van der Waals surface area contributed by atoms with Crippen LogP contribution < -0.4 is 5.32 Å². The number of aliphatic imine (C=N–C) groups is 1. The molecular formula is C19H30N4O3. The predicted octanol–water partition coefficient (Wildman–Crippen LogP) is 2.22. The average molecular weight is 362 g/mol. The summed E-state index contributed by atoms with van der Waals surface area (Å²) in [5, 5.41) is 12.4. The van der Waals surface area contributed by atoms with Crippen molar-refractivity contribution in [2.45, 2.75) is 19.8 Å². The first-order chi connectivity index (χ1) is 12.6. The van der Waals surface area contributed by atoms with Crippen LogP contribution in [0.25, 0.3) is 0 Å². The van der Waals surface area contributed by atoms with Crippen LogP contribution in [0.4, 0.5) is 5.69 Å². The number of nitrogens with one attached hydrogen (secondary N) is 1. The van der Waals surface area contributed by atoms with Crippen molar-refractivity contribution < 1.29 is 14.6 Å². The van der Waals surface area contributed by atoms with Crippen LogP contribution in [-0.4, -0.2) is 79.8 Å². The second-order valence-electron chi connectivity index (χ2n) is 6.39. The molecule has 1 aliphatic rings. The molecule has 7 nitrogen and oxygen atoms in total. The zero-order chi connectivity index (χ0) is 18.8. The second kappa shape index (κ2) is 10.8. The summed E-state index contributed by atoms with van der Waals surface area (Å²) < 4.78 is 5.10. The highest BCUT2D eigenvalue weighted by molar-refractivity contribution is 5.94. The third-order valence-corrected chi connectivity index (χ3v) is 4.37. The molecule has 0 unspecified atom stereocenters. The quantitative estimate of drug-likeness (QED) is 0.419. The summed E-state index contributed by atoms with van der Waals surface area (Å²) in [4.78, 5) is 20.5. The third-order valence-electron chi connectivity index (χ3n) is 4.37. The summed E-state index contributed by atoms with van der Waals surface area (Å²) in [5.74, 6) is -0.0719. The zero-order valence-electron chi connectivity index (χ0n) is 15.8. The minimum atomic E-state index is -0.919. The Hall–Kier alpha value is -2.12. The van der Waals surface area contributed by atoms with Gasteiger partial charge >= 0.3 is 5.97 Å². The summed E-state index contributed by atoms with van der Waals surface area (Å²) in [7, 11) is 1.69. The van der Waals surface area contributed by atoms with Gasteiger partial charge in [-0.25, -0.2) is 4.79 Å². The molecule has 0 radical (unpaired) electrons. The van der Waals surface area contributed by atoms with E-state index in [1.165, 1.54) is 6.42 Å². The largest absolute Gasteiger partial charge is 0.478 e. The van der Waals surface area contributed by atoms with Crippen LogP contribution >= 0.6 is 0 Å². The fourth-order valence-corrected chi connectivity index (χ4v) is 2.94. The molecule has 2 N–H and O–H groups in total. The van der Waals surface area contributed by atoms with Crippen molar-refractivity contribution in [1.82, 2.24) is 9.80 Å². The van der Waals surface area contributed by atoms with Crippen molar-refractivity contribution in [3.63, 3.8) is 0 Å². The average Bonchev–Trinajstić information content (AvgIpc) is 2.65. The van der Waals surface area contributed by atoms with Gasteiger partial charge < -0.3 is 20.1 Å². The normalized spacial score (nSPS) is 15.9. The Morgan fingerprint density at radius 1 is 1.23 bits per heavy atom. The number of carbonyl (C=O) groups is 1. The Morgan fingerprint density at radius 3 is 2.50 bits per heavy atom. The van der Waals surface area contributed by atoms with Gasteiger partial charge in [0.2, 0.25) is 0 Å². The molecule has 0 spiro atoms. The molecule has 26 heavy (non-hydrogen) atoms. The molecule has 144 valence electrons. The molecule has 1 aromatic rings. The summed E-state index contributed by atoms with van der Waals surface area (Å²) >= 11 is 0. The first-order valence-corrected chi connectivity index (χ1v) is 9.25. The number of piperazine rings is 1. The van der Waals surface area contributed by atoms with E-state index < -0.39 is 5.97 Å². The van der Waals surface area contributed by atoms with Crippen molar-refractivity contribution in [3.05, 3.63) is 29.8 Å². The lowest BCUT2D eigenvalue weighted by molar-refractivity contribution is 0.0697. The maximum Gasteiger partial charge on any atom is 0.335 e. The third kappa shape index (κ3) is 6.31. The van der Waals surface area contributed by atoms with Gasteiger partial charge in [0.1, 0.15) is 0 Å². The van der Waals surface area contributed by atoms with Crippen molar-refractivity contribution in [3.8, 4) is 0 Å². The van der Waals surface area contributed by atoms with Gasteiger partial charge in [0.15, 0.2) is 5.96 Å². The Balaban J connectivity index is 2.02. The summed E-state index contributed by atoms with van der Waals surface area (Å²) in [6.45, 7) is 8.66. The van der Waals surface area contributed by atoms with Gasteiger partial charge in [0.05, 0.1) is 5.56 Å². The number of hydrogen-bond donors (Lipinski definition) is 2. The van der Waals surface area contributed by atoms with Crippen LogP contribution in [0.1, 0.15) is 30.1 Å². The highest BCUT2D eigenvalue weighted by Gasteiger charge is 2.19. The predicted molar refractivity (Wildman–Crippen MR) is 104 cm³/mol. The van der Waals surface area contributed by atoms with E-state index >= 15 is 0 Å². The molecule has 7 heteroatoms. The van der Waals surface area contributed by atoms with Gasteiger partial charge in [-0.3, -0.25) is 9.89 Å². The van der Waals surface area contributed by atoms with Crippen molar-refractivity contribution in [2.75, 3.05) is 58.3 Å². The van der Waals surface area contributed by atoms with Gasteiger partial charge in [-0.1, -0.05) is 6.92 Å². The molecule has 0 atom stereocenters. The number of rotatable bonds is 8. The standard InChI is InChI=1S/C19H30N4O3/c1-3-10-22-11-13-23(14-12-22)19(20-9-4-15-26-2)21-17-7-5-16(6-8-17)18(24)25/h5-8H,3-4,9-15H2,1-2H3,(H,20,21)(H,24,25). The summed E-state index contributed by atoms with van der Waals surface area (Å²) in [6.07, 6.45) is 2.04. The Labute approximate surface area is 155 Å². The topological polar surface area (TPSA) is 77.4 Å². The zero-order valence-corrected chi connectivity index (χ0v) is 15.8. The first-order valence-electron chi connectivity index (χ1n) is 9.25. The maximum atomic E-state index is 11.0. The number of methoxy groups -OCH3 is 1. The number of guanidine groups is 1. The molecule has 1 aliphatic heterocycles. The number of carboxylic acids is 1. The number of nitrogens with zero attached hydrogens (tertiary/aromatic N) is 3. The molecule has 0 saturated carbocycles. The lowest BCUT2D eigenvalue weighted by atomic mass is 10.2. The Kier molecular flexibility index (Phi) is 8.37. The number of ether oxygens (including phenoxy) is 1. The fraction of sp³-hybridized carbons (Fsp3) is 0.579. The van der Waals surface area contributed by atoms with Crippen molar-refractivity contribution in [1.29, 1.82) is 0 Å². The maximum absolute atomic E-state index is 11.0. The number of hydrogen-bond acceptors (Lipinski definition) is 4. The van der Waals surface area contributed by atoms with E-state index in [0.29, 0.717) is 13.2 Å². The number of carboxylic acid groups (broad SMARTS) is 1. The SMILES string of the molecule is CCCN1CCN(C(=NCCCOC)Nc2ccc(C(=O)O)cc2)CC1. The smallest absolute Gasteiger partial charge is 0.335 e. The molecule has 1 saturated heterocycles. The van der Waals surface area contributed by atoms with Gasteiger partial charge in [0, 0.05) is 52.1 Å². The second-order valence-corrected chi connectivity index (χ2v) is 6.39. The molecule has 0 aromatic heterocycles. The minimum Gasteiger partial charge on any atom is -0.478 e. The van der Waals surface area contributed by atoms with E-state index in [9.17, 15) is 4.79 Å². The minimum absolute atomic E-state index is 0.280. The highest BCUT2D eigenvalue weighted by atomic mass is 16.5. The van der Waals surface area contributed by atoms with E-state index in [-0.39, 0.29) is 5.56 Å². The van der Waals surface area contributed by atoms with E-state index in [2.05, 4.69) is 22.0 Å². The van der Waals surface area contributed by atoms with Crippen LogP contribution in [0.5, 0.6) is 0 Å². The molecular weight excluding hydrogens is 332 g/mol. The molecule has 2 rings (SSSR count). The lowest BCUT2D eigenvalue weighted by Crippen LogP contribution is -2.50. The van der Waals surface area contributed by atoms with Crippen molar-refractivity contribution in [2.24, 2.45) is 4.99 Å². The van der Waals surface area contributed by atoms with Crippen LogP contribution in [0.3, 0.4) is 0 Å².